The molecule has 0 spiro atoms. The Hall–Kier alpha value is -3.38. The number of amides is 1. The average molecular weight is 435 g/mol. The van der Waals surface area contributed by atoms with Crippen molar-refractivity contribution in [3.8, 4) is 11.4 Å². The number of hydrogen-bond acceptors (Lipinski definition) is 4. The van der Waals surface area contributed by atoms with Crippen molar-refractivity contribution in [2.24, 2.45) is 0 Å². The molecule has 0 atom stereocenters. The summed E-state index contributed by atoms with van der Waals surface area (Å²) in [7, 11) is 0. The van der Waals surface area contributed by atoms with Gasteiger partial charge in [0.05, 0.1) is 5.69 Å². The normalized spacial score (nSPS) is 11.0. The number of ether oxygens (including phenoxy) is 1. The third kappa shape index (κ3) is 4.70. The van der Waals surface area contributed by atoms with E-state index in [9.17, 15) is 4.79 Å². The summed E-state index contributed by atoms with van der Waals surface area (Å²) < 4.78 is 5.58. The molecule has 1 N–H and O–H groups in total. The summed E-state index contributed by atoms with van der Waals surface area (Å²) in [6, 6.07) is 17.2. The first-order valence-corrected chi connectivity index (χ1v) is 10.5. The van der Waals surface area contributed by atoms with Gasteiger partial charge in [0.15, 0.2) is 6.61 Å². The van der Waals surface area contributed by atoms with E-state index >= 15 is 0 Å². The number of carbonyl (C=O) groups excluding carboxylic acids is 1. The third-order valence-electron chi connectivity index (χ3n) is 5.08. The molecular formula is C24H23ClN4O2. The second-order valence-corrected chi connectivity index (χ2v) is 7.82. The largest absolute Gasteiger partial charge is 0.484 e. The molecule has 158 valence electrons. The van der Waals surface area contributed by atoms with Crippen molar-refractivity contribution in [1.82, 2.24) is 15.0 Å². The number of nitrogens with zero attached hydrogens (tertiary/aromatic N) is 3. The Bertz CT molecular complexity index is 1250. The van der Waals surface area contributed by atoms with Gasteiger partial charge in [0.1, 0.15) is 16.8 Å². The van der Waals surface area contributed by atoms with Gasteiger partial charge in [-0.25, -0.2) is 0 Å². The van der Waals surface area contributed by atoms with E-state index in [-0.39, 0.29) is 12.5 Å². The first-order valence-electron chi connectivity index (χ1n) is 10.1. The van der Waals surface area contributed by atoms with Crippen LogP contribution in [-0.2, 0) is 11.2 Å². The fourth-order valence-electron chi connectivity index (χ4n) is 3.23. The van der Waals surface area contributed by atoms with Crippen LogP contribution in [-0.4, -0.2) is 27.5 Å². The molecule has 1 aromatic heterocycles. The smallest absolute Gasteiger partial charge is 0.262 e. The van der Waals surface area contributed by atoms with Crippen LogP contribution in [0.5, 0.6) is 5.75 Å². The predicted octanol–water partition coefficient (Wildman–Crippen LogP) is 5.27. The van der Waals surface area contributed by atoms with E-state index in [4.69, 9.17) is 16.3 Å². The molecule has 31 heavy (non-hydrogen) atoms. The predicted molar refractivity (Wildman–Crippen MR) is 123 cm³/mol. The van der Waals surface area contributed by atoms with Gasteiger partial charge in [0.25, 0.3) is 5.91 Å². The Morgan fingerprint density at radius 3 is 2.39 bits per heavy atom. The molecular weight excluding hydrogens is 412 g/mol. The van der Waals surface area contributed by atoms with Crippen LogP contribution in [0.1, 0.15) is 23.6 Å². The molecule has 0 aliphatic heterocycles. The van der Waals surface area contributed by atoms with E-state index in [1.807, 2.05) is 38.1 Å². The van der Waals surface area contributed by atoms with Gasteiger partial charge in [-0.1, -0.05) is 30.7 Å². The highest BCUT2D eigenvalue weighted by atomic mass is 35.5. The van der Waals surface area contributed by atoms with Gasteiger partial charge in [-0.05, 0) is 79.4 Å². The molecule has 0 saturated heterocycles. The third-order valence-corrected chi connectivity index (χ3v) is 5.50. The number of halogens is 1. The fourth-order valence-corrected chi connectivity index (χ4v) is 3.34. The number of carbonyl (C=O) groups is 1. The van der Waals surface area contributed by atoms with Crippen LogP contribution in [0.2, 0.25) is 5.02 Å². The van der Waals surface area contributed by atoms with Crippen LogP contribution in [0.3, 0.4) is 0 Å². The Morgan fingerprint density at radius 2 is 1.71 bits per heavy atom. The van der Waals surface area contributed by atoms with Crippen LogP contribution < -0.4 is 10.1 Å². The molecule has 7 heteroatoms. The van der Waals surface area contributed by atoms with Crippen LogP contribution in [0.4, 0.5) is 5.69 Å². The quantitative estimate of drug-likeness (QED) is 0.448. The van der Waals surface area contributed by atoms with Crippen molar-refractivity contribution >= 4 is 34.2 Å². The average Bonchev–Trinajstić information content (AvgIpc) is 3.17. The molecule has 3 aromatic carbocycles. The second-order valence-electron chi connectivity index (χ2n) is 7.41. The van der Waals surface area contributed by atoms with Crippen LogP contribution in [0, 0.1) is 13.8 Å². The van der Waals surface area contributed by atoms with E-state index < -0.39 is 0 Å². The van der Waals surface area contributed by atoms with Crippen molar-refractivity contribution in [3.63, 3.8) is 0 Å². The van der Waals surface area contributed by atoms with Crippen molar-refractivity contribution in [2.45, 2.75) is 27.2 Å². The monoisotopic (exact) mass is 434 g/mol. The maximum Gasteiger partial charge on any atom is 0.262 e. The van der Waals surface area contributed by atoms with Crippen LogP contribution in [0.25, 0.3) is 16.7 Å². The van der Waals surface area contributed by atoms with Gasteiger partial charge in [0.2, 0.25) is 0 Å². The van der Waals surface area contributed by atoms with Crippen molar-refractivity contribution in [2.75, 3.05) is 11.9 Å². The van der Waals surface area contributed by atoms with Crippen molar-refractivity contribution in [3.05, 3.63) is 76.3 Å². The Labute approximate surface area is 185 Å². The van der Waals surface area contributed by atoms with Gasteiger partial charge < -0.3 is 10.1 Å². The number of fused-ring (bicyclic) bond motifs is 1. The minimum atomic E-state index is -0.252. The number of nitrogens with one attached hydrogen (secondary N) is 1. The van der Waals surface area contributed by atoms with Crippen molar-refractivity contribution < 1.29 is 9.53 Å². The molecule has 6 nitrogen and oxygen atoms in total. The lowest BCUT2D eigenvalue weighted by atomic mass is 10.1. The molecule has 1 heterocycles. The summed E-state index contributed by atoms with van der Waals surface area (Å²) in [5, 5.41) is 12.7. The van der Waals surface area contributed by atoms with E-state index in [2.05, 4.69) is 34.6 Å². The van der Waals surface area contributed by atoms with Gasteiger partial charge >= 0.3 is 0 Å². The lowest BCUT2D eigenvalue weighted by Crippen LogP contribution is -2.20. The summed E-state index contributed by atoms with van der Waals surface area (Å²) in [6.07, 6.45) is 0.985. The summed E-state index contributed by atoms with van der Waals surface area (Å²) in [4.78, 5) is 14.0. The highest BCUT2D eigenvalue weighted by Gasteiger charge is 2.11. The lowest BCUT2D eigenvalue weighted by Gasteiger charge is -2.10. The summed E-state index contributed by atoms with van der Waals surface area (Å²) in [6.45, 7) is 5.83. The van der Waals surface area contributed by atoms with E-state index in [1.54, 1.807) is 23.0 Å². The SMILES string of the molecule is CCc1ccc(-n2nc3cc(C)c(NC(=O)COc4ccc(Cl)c(C)c4)cc3n2)cc1. The zero-order valence-corrected chi connectivity index (χ0v) is 18.4. The van der Waals surface area contributed by atoms with Gasteiger partial charge in [0, 0.05) is 10.7 Å². The molecule has 4 aromatic rings. The highest BCUT2D eigenvalue weighted by molar-refractivity contribution is 6.31. The van der Waals surface area contributed by atoms with Crippen LogP contribution in [0.15, 0.2) is 54.6 Å². The van der Waals surface area contributed by atoms with Crippen molar-refractivity contribution in [1.29, 1.82) is 0 Å². The zero-order chi connectivity index (χ0) is 22.0. The molecule has 0 saturated carbocycles. The van der Waals surface area contributed by atoms with E-state index in [1.165, 1.54) is 5.56 Å². The Balaban J connectivity index is 1.48. The van der Waals surface area contributed by atoms with Gasteiger partial charge in [-0.15, -0.1) is 10.2 Å². The topological polar surface area (TPSA) is 69.0 Å². The molecule has 0 unspecified atom stereocenters. The minimum Gasteiger partial charge on any atom is -0.484 e. The summed E-state index contributed by atoms with van der Waals surface area (Å²) in [5.74, 6) is 0.346. The first-order chi connectivity index (χ1) is 14.9. The standard InChI is InChI=1S/C24H23ClN4O2/c1-4-17-5-7-18(8-6-17)29-27-22-12-16(3)21(13-23(22)28-29)26-24(30)14-31-19-9-10-20(25)15(2)11-19/h5-13H,4,14H2,1-3H3,(H,26,30). The van der Waals surface area contributed by atoms with Gasteiger partial charge in [-0.3, -0.25) is 4.79 Å². The molecule has 0 aliphatic carbocycles. The molecule has 4 rings (SSSR count). The number of hydrogen-bond donors (Lipinski definition) is 1. The molecule has 0 aliphatic rings. The Morgan fingerprint density at radius 1 is 1.00 bits per heavy atom. The number of benzene rings is 3. The number of rotatable bonds is 6. The highest BCUT2D eigenvalue weighted by Crippen LogP contribution is 2.23. The number of aromatic nitrogens is 3. The number of aryl methyl sites for hydroxylation is 3. The summed E-state index contributed by atoms with van der Waals surface area (Å²) >= 11 is 6.02. The zero-order valence-electron chi connectivity index (χ0n) is 17.6. The van der Waals surface area contributed by atoms with E-state index in [0.29, 0.717) is 22.0 Å². The second kappa shape index (κ2) is 8.78. The fraction of sp³-hybridized carbons (Fsp3) is 0.208. The van der Waals surface area contributed by atoms with E-state index in [0.717, 1.165) is 28.8 Å². The molecule has 0 fully saturated rings. The molecule has 1 amide bonds. The lowest BCUT2D eigenvalue weighted by molar-refractivity contribution is -0.118. The maximum atomic E-state index is 12.4. The molecule has 0 bridgehead atoms. The maximum absolute atomic E-state index is 12.4. The number of anilines is 1. The summed E-state index contributed by atoms with van der Waals surface area (Å²) in [5.41, 5.74) is 6.10. The van der Waals surface area contributed by atoms with Crippen LogP contribution >= 0.6 is 11.6 Å². The Kier molecular flexibility index (Phi) is 5.91. The van der Waals surface area contributed by atoms with Gasteiger partial charge in [-0.2, -0.15) is 4.80 Å². The molecule has 0 radical (unpaired) electrons. The minimum absolute atomic E-state index is 0.102. The first kappa shape index (κ1) is 20.9.